The van der Waals surface area contributed by atoms with E-state index in [0.29, 0.717) is 23.8 Å². The summed E-state index contributed by atoms with van der Waals surface area (Å²) in [5.41, 5.74) is 0.151. The number of carbonyl (C=O) groups excluding carboxylic acids is 2. The SMILES string of the molecule is CC(C)(C)OC(=O)N[C@H]1CC=CC[C@@H]1c1sc2c(N(Cc3cccs3)C(=O)OC(C)(C)C)cc(Cl)nc2c1I. The van der Waals surface area contributed by atoms with Crippen LogP contribution in [-0.4, -0.2) is 34.4 Å². The summed E-state index contributed by atoms with van der Waals surface area (Å²) >= 11 is 12.0. The number of pyridine rings is 1. The Bertz CT molecular complexity index is 1380. The number of alkyl carbamates (subject to hydrolysis) is 1. The molecular formula is C28H33ClIN3O4S2. The van der Waals surface area contributed by atoms with Crippen LogP contribution in [-0.2, 0) is 16.0 Å². The average Bonchev–Trinajstić information content (AvgIpc) is 3.43. The molecule has 39 heavy (non-hydrogen) atoms. The third-order valence-corrected chi connectivity index (χ3v) is 9.67. The van der Waals surface area contributed by atoms with Gasteiger partial charge in [0.2, 0.25) is 0 Å². The van der Waals surface area contributed by atoms with Gasteiger partial charge in [0.25, 0.3) is 0 Å². The maximum absolute atomic E-state index is 13.5. The second-order valence-corrected chi connectivity index (χ2v) is 14.9. The van der Waals surface area contributed by atoms with Gasteiger partial charge in [0.15, 0.2) is 0 Å². The molecule has 0 aliphatic heterocycles. The van der Waals surface area contributed by atoms with Crippen LogP contribution in [0.3, 0.4) is 0 Å². The number of ether oxygens (including phenoxy) is 2. The van der Waals surface area contributed by atoms with Crippen LogP contribution < -0.4 is 10.2 Å². The summed E-state index contributed by atoms with van der Waals surface area (Å²) in [7, 11) is 0. The van der Waals surface area contributed by atoms with Crippen molar-refractivity contribution in [2.45, 2.75) is 84.1 Å². The fourth-order valence-electron chi connectivity index (χ4n) is 4.30. The minimum Gasteiger partial charge on any atom is -0.444 e. The number of carbonyl (C=O) groups is 2. The van der Waals surface area contributed by atoms with Gasteiger partial charge < -0.3 is 14.8 Å². The number of amides is 2. The molecule has 2 atom stereocenters. The van der Waals surface area contributed by atoms with E-state index in [1.807, 2.05) is 59.1 Å². The maximum atomic E-state index is 13.5. The Morgan fingerprint density at radius 1 is 1.15 bits per heavy atom. The lowest BCUT2D eigenvalue weighted by Crippen LogP contribution is -2.42. The van der Waals surface area contributed by atoms with E-state index in [-0.39, 0.29) is 12.0 Å². The zero-order valence-corrected chi connectivity index (χ0v) is 27.4. The molecule has 11 heteroatoms. The van der Waals surface area contributed by atoms with Gasteiger partial charge in [-0.25, -0.2) is 14.6 Å². The van der Waals surface area contributed by atoms with Crippen LogP contribution in [0.4, 0.5) is 15.3 Å². The van der Waals surface area contributed by atoms with E-state index in [0.717, 1.165) is 30.0 Å². The Labute approximate surface area is 256 Å². The van der Waals surface area contributed by atoms with Gasteiger partial charge in [0.1, 0.15) is 16.4 Å². The molecule has 3 heterocycles. The first kappa shape index (κ1) is 30.1. The summed E-state index contributed by atoms with van der Waals surface area (Å²) in [5, 5.41) is 5.36. The Morgan fingerprint density at radius 3 is 2.49 bits per heavy atom. The number of allylic oxidation sites excluding steroid dienone is 1. The monoisotopic (exact) mass is 701 g/mol. The third kappa shape index (κ3) is 7.65. The minimum atomic E-state index is -0.662. The molecule has 1 N–H and O–H groups in total. The van der Waals surface area contributed by atoms with E-state index in [9.17, 15) is 9.59 Å². The molecule has 1 aliphatic carbocycles. The highest BCUT2D eigenvalue weighted by Gasteiger charge is 2.33. The molecular weight excluding hydrogens is 669 g/mol. The van der Waals surface area contributed by atoms with Gasteiger partial charge in [-0.1, -0.05) is 29.8 Å². The van der Waals surface area contributed by atoms with E-state index in [2.05, 4.69) is 45.0 Å². The summed E-state index contributed by atoms with van der Waals surface area (Å²) in [6, 6.07) is 5.55. The quantitative estimate of drug-likeness (QED) is 0.163. The Balaban J connectivity index is 1.76. The summed E-state index contributed by atoms with van der Waals surface area (Å²) in [4.78, 5) is 34.6. The third-order valence-electron chi connectivity index (χ3n) is 5.83. The number of hydrogen-bond acceptors (Lipinski definition) is 7. The van der Waals surface area contributed by atoms with Crippen molar-refractivity contribution in [3.63, 3.8) is 0 Å². The van der Waals surface area contributed by atoms with Crippen molar-refractivity contribution < 1.29 is 19.1 Å². The highest BCUT2D eigenvalue weighted by Crippen LogP contribution is 2.45. The summed E-state index contributed by atoms with van der Waals surface area (Å²) in [5.74, 6) is 0.0208. The number of halogens is 2. The average molecular weight is 702 g/mol. The van der Waals surface area contributed by atoms with Crippen molar-refractivity contribution in [3.8, 4) is 0 Å². The molecule has 2 amide bonds. The molecule has 4 rings (SSSR count). The van der Waals surface area contributed by atoms with Gasteiger partial charge in [-0.05, 0) is 88.4 Å². The van der Waals surface area contributed by atoms with Gasteiger partial charge in [0, 0.05) is 27.8 Å². The summed E-state index contributed by atoms with van der Waals surface area (Å²) in [6.07, 6.45) is 4.80. The highest BCUT2D eigenvalue weighted by molar-refractivity contribution is 14.1. The van der Waals surface area contributed by atoms with Crippen LogP contribution in [0.2, 0.25) is 5.15 Å². The predicted molar refractivity (Wildman–Crippen MR) is 168 cm³/mol. The minimum absolute atomic E-state index is 0.0208. The first-order valence-corrected chi connectivity index (χ1v) is 15.8. The first-order valence-electron chi connectivity index (χ1n) is 12.7. The molecule has 0 aromatic carbocycles. The smallest absolute Gasteiger partial charge is 0.415 e. The number of anilines is 1. The van der Waals surface area contributed by atoms with Crippen LogP contribution in [0.25, 0.3) is 10.2 Å². The molecule has 7 nitrogen and oxygen atoms in total. The van der Waals surface area contributed by atoms with Crippen LogP contribution in [0.5, 0.6) is 0 Å². The molecule has 0 spiro atoms. The van der Waals surface area contributed by atoms with Crippen molar-refractivity contribution in [2.75, 3.05) is 4.90 Å². The van der Waals surface area contributed by atoms with E-state index < -0.39 is 23.4 Å². The summed E-state index contributed by atoms with van der Waals surface area (Å²) < 4.78 is 13.2. The highest BCUT2D eigenvalue weighted by atomic mass is 127. The second kappa shape index (κ2) is 11.9. The Morgan fingerprint density at radius 2 is 1.85 bits per heavy atom. The first-order chi connectivity index (χ1) is 18.2. The number of fused-ring (bicyclic) bond motifs is 1. The Hall–Kier alpha value is -1.89. The standard InChI is InChI=1S/C28H33ClIN3O4S2/c1-27(2,3)36-25(34)31-18-12-8-7-11-17(18)23-21(30)22-24(39-23)19(14-20(29)32-22)33(15-16-10-9-13-38-16)26(35)37-28(4,5)6/h7-10,13-14,17-18H,11-12,15H2,1-6H3,(H,31,34)/t17-,18-/m0/s1. The molecule has 0 bridgehead atoms. The summed E-state index contributed by atoms with van der Waals surface area (Å²) in [6.45, 7) is 11.5. The molecule has 0 saturated carbocycles. The fraction of sp³-hybridized carbons (Fsp3) is 0.464. The van der Waals surface area contributed by atoms with Crippen molar-refractivity contribution >= 4 is 85.0 Å². The van der Waals surface area contributed by atoms with Crippen molar-refractivity contribution in [3.05, 3.63) is 54.2 Å². The van der Waals surface area contributed by atoms with Gasteiger partial charge in [-0.2, -0.15) is 0 Å². The molecule has 1 aliphatic rings. The lowest BCUT2D eigenvalue weighted by molar-refractivity contribution is 0.0494. The molecule has 3 aromatic heterocycles. The van der Waals surface area contributed by atoms with Gasteiger partial charge in [-0.3, -0.25) is 4.90 Å². The molecule has 0 unspecified atom stereocenters. The zero-order valence-electron chi connectivity index (χ0n) is 22.8. The van der Waals surface area contributed by atoms with E-state index in [1.54, 1.807) is 33.6 Å². The largest absolute Gasteiger partial charge is 0.444 e. The molecule has 0 saturated heterocycles. The van der Waals surface area contributed by atoms with Crippen LogP contribution in [0.15, 0.2) is 35.7 Å². The number of thiophene rings is 2. The van der Waals surface area contributed by atoms with Gasteiger partial charge in [-0.15, -0.1) is 22.7 Å². The van der Waals surface area contributed by atoms with Gasteiger partial charge >= 0.3 is 12.2 Å². The molecule has 3 aromatic rings. The van der Waals surface area contributed by atoms with Crippen LogP contribution in [0, 0.1) is 3.57 Å². The van der Waals surface area contributed by atoms with Crippen molar-refractivity contribution in [2.24, 2.45) is 0 Å². The Kier molecular flexibility index (Phi) is 9.19. The molecule has 0 radical (unpaired) electrons. The van der Waals surface area contributed by atoms with Crippen molar-refractivity contribution in [1.82, 2.24) is 10.3 Å². The van der Waals surface area contributed by atoms with E-state index in [4.69, 9.17) is 21.1 Å². The number of aromatic nitrogens is 1. The van der Waals surface area contributed by atoms with Crippen LogP contribution in [0.1, 0.15) is 70.1 Å². The number of hydrogen-bond donors (Lipinski definition) is 1. The number of nitrogens with one attached hydrogen (secondary N) is 1. The fourth-order valence-corrected chi connectivity index (χ4v) is 7.82. The molecule has 0 fully saturated rings. The lowest BCUT2D eigenvalue weighted by atomic mass is 9.88. The molecule has 210 valence electrons. The maximum Gasteiger partial charge on any atom is 0.415 e. The van der Waals surface area contributed by atoms with E-state index >= 15 is 0 Å². The second-order valence-electron chi connectivity index (χ2n) is 11.4. The topological polar surface area (TPSA) is 80.8 Å². The lowest BCUT2D eigenvalue weighted by Gasteiger charge is -2.30. The number of rotatable bonds is 5. The van der Waals surface area contributed by atoms with E-state index in [1.165, 1.54) is 0 Å². The van der Waals surface area contributed by atoms with Gasteiger partial charge in [0.05, 0.1) is 26.0 Å². The number of nitrogens with zero attached hydrogens (tertiary/aromatic N) is 2. The normalized spacial score (nSPS) is 17.7. The van der Waals surface area contributed by atoms with Crippen LogP contribution >= 0.6 is 56.9 Å². The predicted octanol–water partition coefficient (Wildman–Crippen LogP) is 8.88. The van der Waals surface area contributed by atoms with Crippen molar-refractivity contribution in [1.29, 1.82) is 0 Å². The zero-order chi connectivity index (χ0) is 28.5.